The molecule has 19 heavy (non-hydrogen) atoms. The van der Waals surface area contributed by atoms with E-state index in [0.29, 0.717) is 11.3 Å². The zero-order valence-corrected chi connectivity index (χ0v) is 11.8. The van der Waals surface area contributed by atoms with Gasteiger partial charge >= 0.3 is 0 Å². The SMILES string of the molecule is CCCc1cc(C(=O)N/N=C/c2ccc(C)o2)cs1. The van der Waals surface area contributed by atoms with E-state index in [1.807, 2.05) is 24.4 Å². The Labute approximate surface area is 116 Å². The molecule has 0 aliphatic heterocycles. The topological polar surface area (TPSA) is 54.6 Å². The van der Waals surface area contributed by atoms with Gasteiger partial charge in [0.1, 0.15) is 11.5 Å². The van der Waals surface area contributed by atoms with E-state index in [0.717, 1.165) is 18.6 Å². The highest BCUT2D eigenvalue weighted by Crippen LogP contribution is 2.16. The second-order valence-electron chi connectivity index (χ2n) is 4.20. The summed E-state index contributed by atoms with van der Waals surface area (Å²) >= 11 is 1.60. The molecule has 1 amide bonds. The molecule has 0 aliphatic rings. The van der Waals surface area contributed by atoms with Gasteiger partial charge in [0.15, 0.2) is 0 Å². The molecule has 1 N–H and O–H groups in total. The molecule has 0 radical (unpaired) electrons. The van der Waals surface area contributed by atoms with Gasteiger partial charge in [-0.1, -0.05) is 13.3 Å². The molecule has 2 rings (SSSR count). The number of amides is 1. The molecule has 0 saturated carbocycles. The Morgan fingerprint density at radius 3 is 3.05 bits per heavy atom. The van der Waals surface area contributed by atoms with Crippen molar-refractivity contribution >= 4 is 23.5 Å². The van der Waals surface area contributed by atoms with Gasteiger partial charge in [-0.2, -0.15) is 5.10 Å². The van der Waals surface area contributed by atoms with Crippen LogP contribution in [0.3, 0.4) is 0 Å². The molecule has 2 aromatic heterocycles. The zero-order chi connectivity index (χ0) is 13.7. The molecule has 0 unspecified atom stereocenters. The van der Waals surface area contributed by atoms with Gasteiger partial charge in [0.2, 0.25) is 0 Å². The van der Waals surface area contributed by atoms with Gasteiger partial charge in [-0.05, 0) is 31.5 Å². The van der Waals surface area contributed by atoms with Crippen LogP contribution in [-0.4, -0.2) is 12.1 Å². The number of nitrogens with one attached hydrogen (secondary N) is 1. The number of rotatable bonds is 5. The van der Waals surface area contributed by atoms with E-state index in [4.69, 9.17) is 4.42 Å². The van der Waals surface area contributed by atoms with E-state index < -0.39 is 0 Å². The lowest BCUT2D eigenvalue weighted by Crippen LogP contribution is -2.16. The maximum absolute atomic E-state index is 11.8. The Balaban J connectivity index is 1.91. The number of aryl methyl sites for hydroxylation is 2. The van der Waals surface area contributed by atoms with Crippen LogP contribution in [0.25, 0.3) is 0 Å². The van der Waals surface area contributed by atoms with E-state index >= 15 is 0 Å². The van der Waals surface area contributed by atoms with Crippen molar-refractivity contribution in [2.75, 3.05) is 0 Å². The smallest absolute Gasteiger partial charge is 0.272 e. The average Bonchev–Trinajstić information content (AvgIpc) is 2.99. The van der Waals surface area contributed by atoms with E-state index in [-0.39, 0.29) is 5.91 Å². The third kappa shape index (κ3) is 3.79. The van der Waals surface area contributed by atoms with Gasteiger partial charge < -0.3 is 4.42 Å². The quantitative estimate of drug-likeness (QED) is 0.672. The zero-order valence-electron chi connectivity index (χ0n) is 11.0. The number of hydrogen-bond donors (Lipinski definition) is 1. The first-order chi connectivity index (χ1) is 9.19. The summed E-state index contributed by atoms with van der Waals surface area (Å²) in [6, 6.07) is 5.56. The molecule has 5 heteroatoms. The number of furan rings is 1. The van der Waals surface area contributed by atoms with Crippen LogP contribution in [0.4, 0.5) is 0 Å². The Kier molecular flexibility index (Phi) is 4.52. The number of nitrogens with zero attached hydrogens (tertiary/aromatic N) is 1. The second kappa shape index (κ2) is 6.33. The van der Waals surface area contributed by atoms with Crippen molar-refractivity contribution in [2.45, 2.75) is 26.7 Å². The van der Waals surface area contributed by atoms with Crippen molar-refractivity contribution in [3.05, 3.63) is 45.5 Å². The Morgan fingerprint density at radius 1 is 1.53 bits per heavy atom. The second-order valence-corrected chi connectivity index (χ2v) is 5.20. The summed E-state index contributed by atoms with van der Waals surface area (Å²) in [6.45, 7) is 3.98. The fourth-order valence-electron chi connectivity index (χ4n) is 1.62. The maximum Gasteiger partial charge on any atom is 0.272 e. The average molecular weight is 276 g/mol. The van der Waals surface area contributed by atoms with E-state index in [1.54, 1.807) is 17.4 Å². The summed E-state index contributed by atoms with van der Waals surface area (Å²) in [7, 11) is 0. The molecule has 2 aromatic rings. The number of hydrazone groups is 1. The Morgan fingerprint density at radius 2 is 2.37 bits per heavy atom. The first-order valence-electron chi connectivity index (χ1n) is 6.16. The molecule has 100 valence electrons. The number of hydrogen-bond acceptors (Lipinski definition) is 4. The summed E-state index contributed by atoms with van der Waals surface area (Å²) in [5, 5.41) is 5.73. The predicted octanol–water partition coefficient (Wildman–Crippen LogP) is 3.37. The lowest BCUT2D eigenvalue weighted by atomic mass is 10.2. The standard InChI is InChI=1S/C14H16N2O2S/c1-3-4-13-7-11(9-19-13)14(17)16-15-8-12-6-5-10(2)18-12/h5-9H,3-4H2,1-2H3,(H,16,17)/b15-8+. The summed E-state index contributed by atoms with van der Waals surface area (Å²) in [5.41, 5.74) is 3.14. The predicted molar refractivity (Wildman–Crippen MR) is 76.8 cm³/mol. The molecular formula is C14H16N2O2S. The van der Waals surface area contributed by atoms with Crippen molar-refractivity contribution in [3.63, 3.8) is 0 Å². The van der Waals surface area contributed by atoms with Gasteiger partial charge in [-0.3, -0.25) is 4.79 Å². The van der Waals surface area contributed by atoms with Gasteiger partial charge in [0.25, 0.3) is 5.91 Å². The van der Waals surface area contributed by atoms with Gasteiger partial charge in [-0.15, -0.1) is 11.3 Å². The number of thiophene rings is 1. The molecule has 0 bridgehead atoms. The fraction of sp³-hybridized carbons (Fsp3) is 0.286. The lowest BCUT2D eigenvalue weighted by molar-refractivity contribution is 0.0955. The van der Waals surface area contributed by atoms with Crippen molar-refractivity contribution in [2.24, 2.45) is 5.10 Å². The molecule has 0 fully saturated rings. The van der Waals surface area contributed by atoms with Crippen molar-refractivity contribution in [1.29, 1.82) is 0 Å². The van der Waals surface area contributed by atoms with Crippen molar-refractivity contribution < 1.29 is 9.21 Å². The third-order valence-corrected chi connectivity index (χ3v) is 3.53. The fourth-order valence-corrected chi connectivity index (χ4v) is 2.59. The van der Waals surface area contributed by atoms with Crippen molar-refractivity contribution in [3.8, 4) is 0 Å². The Hall–Kier alpha value is -1.88. The van der Waals surface area contributed by atoms with Gasteiger partial charge in [-0.25, -0.2) is 5.43 Å². The molecule has 0 aliphatic carbocycles. The van der Waals surface area contributed by atoms with Crippen LogP contribution < -0.4 is 5.43 Å². The van der Waals surface area contributed by atoms with Gasteiger partial charge in [0.05, 0.1) is 11.8 Å². The van der Waals surface area contributed by atoms with Crippen LogP contribution in [0.15, 0.2) is 33.1 Å². The van der Waals surface area contributed by atoms with Crippen LogP contribution in [0.1, 0.15) is 40.1 Å². The molecule has 2 heterocycles. The molecule has 0 saturated heterocycles. The monoisotopic (exact) mass is 276 g/mol. The van der Waals surface area contributed by atoms with E-state index in [2.05, 4.69) is 17.5 Å². The van der Waals surface area contributed by atoms with Crippen molar-refractivity contribution in [1.82, 2.24) is 5.43 Å². The minimum Gasteiger partial charge on any atom is -0.460 e. The number of carbonyl (C=O) groups is 1. The molecular weight excluding hydrogens is 260 g/mol. The van der Waals surface area contributed by atoms with Crippen LogP contribution in [-0.2, 0) is 6.42 Å². The van der Waals surface area contributed by atoms with Crippen LogP contribution >= 0.6 is 11.3 Å². The molecule has 4 nitrogen and oxygen atoms in total. The normalized spacial score (nSPS) is 11.1. The van der Waals surface area contributed by atoms with Crippen LogP contribution in [0.2, 0.25) is 0 Å². The highest BCUT2D eigenvalue weighted by atomic mass is 32.1. The van der Waals surface area contributed by atoms with E-state index in [9.17, 15) is 4.79 Å². The highest BCUT2D eigenvalue weighted by molar-refractivity contribution is 7.10. The lowest BCUT2D eigenvalue weighted by Gasteiger charge is -1.95. The molecule has 0 atom stereocenters. The highest BCUT2D eigenvalue weighted by Gasteiger charge is 2.07. The molecule has 0 spiro atoms. The van der Waals surface area contributed by atoms with Gasteiger partial charge in [0, 0.05) is 10.3 Å². The third-order valence-electron chi connectivity index (χ3n) is 2.53. The number of carbonyl (C=O) groups excluding carboxylic acids is 1. The Bertz CT molecular complexity index is 584. The van der Waals surface area contributed by atoms with Crippen LogP contribution in [0.5, 0.6) is 0 Å². The first kappa shape index (κ1) is 13.5. The first-order valence-corrected chi connectivity index (χ1v) is 7.04. The largest absolute Gasteiger partial charge is 0.460 e. The minimum absolute atomic E-state index is 0.196. The van der Waals surface area contributed by atoms with E-state index in [1.165, 1.54) is 11.1 Å². The maximum atomic E-state index is 11.8. The summed E-state index contributed by atoms with van der Waals surface area (Å²) in [4.78, 5) is 13.0. The van der Waals surface area contributed by atoms with Crippen LogP contribution in [0, 0.1) is 6.92 Å². The summed E-state index contributed by atoms with van der Waals surface area (Å²) in [5.74, 6) is 1.24. The minimum atomic E-state index is -0.196. The summed E-state index contributed by atoms with van der Waals surface area (Å²) in [6.07, 6.45) is 3.58. The molecule has 0 aromatic carbocycles. The summed E-state index contributed by atoms with van der Waals surface area (Å²) < 4.78 is 5.31.